The molecule has 0 atom stereocenters. The molecule has 9 heteroatoms. The molecule has 1 aromatic carbocycles. The fourth-order valence-corrected chi connectivity index (χ4v) is 3.11. The van der Waals surface area contributed by atoms with E-state index in [-0.39, 0.29) is 3.57 Å². The Bertz CT molecular complexity index is 538. The highest BCUT2D eigenvalue weighted by atomic mass is 127. The predicted molar refractivity (Wildman–Crippen MR) is 58.8 cm³/mol. The summed E-state index contributed by atoms with van der Waals surface area (Å²) < 4.78 is 60.6. The van der Waals surface area contributed by atoms with E-state index in [1.165, 1.54) is 0 Å². The van der Waals surface area contributed by atoms with Crippen LogP contribution in [-0.2, 0) is 20.2 Å². The van der Waals surface area contributed by atoms with Gasteiger partial charge in [0.1, 0.15) is 0 Å². The maximum atomic E-state index is 10.7. The highest BCUT2D eigenvalue weighted by Gasteiger charge is 2.17. The van der Waals surface area contributed by atoms with Gasteiger partial charge in [-0.05, 0) is 40.8 Å². The maximum Gasteiger partial charge on any atom is 0.294 e. The van der Waals surface area contributed by atoms with Crippen molar-refractivity contribution in [1.82, 2.24) is 0 Å². The first kappa shape index (κ1) is 12.8. The minimum atomic E-state index is -4.49. The van der Waals surface area contributed by atoms with Crippen molar-refractivity contribution in [3.63, 3.8) is 0 Å². The zero-order chi connectivity index (χ0) is 11.9. The molecule has 0 aliphatic rings. The number of rotatable bonds is 2. The average molecular weight is 364 g/mol. The molecule has 1 aromatic rings. The zero-order valence-electron chi connectivity index (χ0n) is 6.95. The van der Waals surface area contributed by atoms with Crippen LogP contribution in [0, 0.1) is 3.57 Å². The Morgan fingerprint density at radius 1 is 0.867 bits per heavy atom. The van der Waals surface area contributed by atoms with Crippen LogP contribution in [0.3, 0.4) is 0 Å². The Kier molecular flexibility index (Phi) is 3.40. The van der Waals surface area contributed by atoms with E-state index in [9.17, 15) is 16.8 Å². The lowest BCUT2D eigenvalue weighted by atomic mass is 10.4. The first-order valence-corrected chi connectivity index (χ1v) is 7.32. The van der Waals surface area contributed by atoms with E-state index < -0.39 is 30.0 Å². The van der Waals surface area contributed by atoms with Crippen LogP contribution in [0.5, 0.6) is 0 Å². The van der Waals surface area contributed by atoms with Crippen molar-refractivity contribution in [2.24, 2.45) is 0 Å². The van der Waals surface area contributed by atoms with Gasteiger partial charge in [-0.1, -0.05) is 0 Å². The van der Waals surface area contributed by atoms with Crippen LogP contribution in [-0.4, -0.2) is 25.9 Å². The first-order valence-electron chi connectivity index (χ1n) is 3.36. The number of hydrogen-bond donors (Lipinski definition) is 2. The monoisotopic (exact) mass is 364 g/mol. The molecule has 2 N–H and O–H groups in total. The Balaban J connectivity index is 3.57. The van der Waals surface area contributed by atoms with Crippen molar-refractivity contribution in [1.29, 1.82) is 0 Å². The summed E-state index contributed by atoms with van der Waals surface area (Å²) in [7, 11) is -8.98. The van der Waals surface area contributed by atoms with Gasteiger partial charge in [0, 0.05) is 3.57 Å². The van der Waals surface area contributed by atoms with Gasteiger partial charge in [-0.15, -0.1) is 0 Å². The number of hydrogen-bond acceptors (Lipinski definition) is 4. The van der Waals surface area contributed by atoms with Gasteiger partial charge in [-0.3, -0.25) is 9.11 Å². The summed E-state index contributed by atoms with van der Waals surface area (Å²) in [6, 6.07) is 2.82. The van der Waals surface area contributed by atoms with Crippen LogP contribution in [0.1, 0.15) is 0 Å². The van der Waals surface area contributed by atoms with E-state index in [0.29, 0.717) is 6.07 Å². The van der Waals surface area contributed by atoms with Crippen molar-refractivity contribution in [3.05, 3.63) is 21.8 Å². The van der Waals surface area contributed by atoms with Gasteiger partial charge in [0.15, 0.2) is 0 Å². The van der Waals surface area contributed by atoms with Crippen LogP contribution < -0.4 is 0 Å². The summed E-state index contributed by atoms with van der Waals surface area (Å²) in [4.78, 5) is -1.16. The van der Waals surface area contributed by atoms with Crippen LogP contribution in [0.2, 0.25) is 0 Å². The molecule has 0 amide bonds. The molecule has 0 saturated carbocycles. The standard InChI is InChI=1S/C6H5IO6S2/c7-4-1-5(14(8,9)10)3-6(2-4)15(11,12)13/h1-3H,(H,8,9,10)(H,11,12,13). The Hall–Kier alpha value is -0.230. The van der Waals surface area contributed by atoms with E-state index in [1.807, 2.05) is 0 Å². The van der Waals surface area contributed by atoms with Crippen molar-refractivity contribution >= 4 is 42.8 Å². The Morgan fingerprint density at radius 3 is 1.47 bits per heavy atom. The largest absolute Gasteiger partial charge is 0.294 e. The second-order valence-corrected chi connectivity index (χ2v) is 6.66. The summed E-state index contributed by atoms with van der Waals surface area (Å²) in [6.45, 7) is 0. The molecule has 1 rings (SSSR count). The molecule has 0 spiro atoms. The topological polar surface area (TPSA) is 109 Å². The second-order valence-electron chi connectivity index (χ2n) is 2.57. The van der Waals surface area contributed by atoms with Gasteiger partial charge in [0.25, 0.3) is 20.2 Å². The van der Waals surface area contributed by atoms with E-state index >= 15 is 0 Å². The van der Waals surface area contributed by atoms with E-state index in [2.05, 4.69) is 0 Å². The van der Waals surface area contributed by atoms with Crippen molar-refractivity contribution < 1.29 is 25.9 Å². The average Bonchev–Trinajstić information content (AvgIpc) is 1.99. The molecular formula is C6H5IO6S2. The molecule has 0 fully saturated rings. The third-order valence-electron chi connectivity index (χ3n) is 1.44. The van der Waals surface area contributed by atoms with Crippen molar-refractivity contribution in [2.75, 3.05) is 0 Å². The third kappa shape index (κ3) is 3.38. The van der Waals surface area contributed by atoms with Gasteiger partial charge in [-0.25, -0.2) is 0 Å². The summed E-state index contributed by atoms with van der Waals surface area (Å²) in [5, 5.41) is 0. The third-order valence-corrected chi connectivity index (χ3v) is 3.73. The zero-order valence-corrected chi connectivity index (χ0v) is 10.7. The molecule has 0 heterocycles. The summed E-state index contributed by atoms with van der Waals surface area (Å²) >= 11 is 1.66. The van der Waals surface area contributed by atoms with Crippen LogP contribution in [0.15, 0.2) is 28.0 Å². The van der Waals surface area contributed by atoms with E-state index in [4.69, 9.17) is 9.11 Å². The van der Waals surface area contributed by atoms with Gasteiger partial charge < -0.3 is 0 Å². The molecule has 0 saturated heterocycles. The Labute approximate surface area is 100.0 Å². The molecule has 0 aliphatic carbocycles. The van der Waals surface area contributed by atoms with Gasteiger partial charge in [0.05, 0.1) is 9.79 Å². The highest BCUT2D eigenvalue weighted by molar-refractivity contribution is 14.1. The number of halogens is 1. The molecule has 0 unspecified atom stereocenters. The highest BCUT2D eigenvalue weighted by Crippen LogP contribution is 2.19. The first-order chi connectivity index (χ1) is 6.60. The SMILES string of the molecule is O=S(=O)(O)c1cc(I)cc(S(=O)(=O)O)c1. The van der Waals surface area contributed by atoms with E-state index in [0.717, 1.165) is 12.1 Å². The predicted octanol–water partition coefficient (Wildman–Crippen LogP) is 0.785. The summed E-state index contributed by atoms with van der Waals surface area (Å²) in [6.07, 6.45) is 0. The molecule has 84 valence electrons. The van der Waals surface area contributed by atoms with Crippen LogP contribution >= 0.6 is 22.6 Å². The lowest BCUT2D eigenvalue weighted by Gasteiger charge is -2.01. The fraction of sp³-hybridized carbons (Fsp3) is 0. The molecule has 0 aromatic heterocycles. The smallest absolute Gasteiger partial charge is 0.282 e. The van der Waals surface area contributed by atoms with Gasteiger partial charge >= 0.3 is 0 Å². The van der Waals surface area contributed by atoms with E-state index in [1.54, 1.807) is 22.6 Å². The van der Waals surface area contributed by atoms with Crippen LogP contribution in [0.4, 0.5) is 0 Å². The quantitative estimate of drug-likeness (QED) is 0.593. The summed E-state index contributed by atoms with van der Waals surface area (Å²) in [5.41, 5.74) is 0. The normalized spacial score (nSPS) is 12.7. The van der Waals surface area contributed by atoms with Gasteiger partial charge in [-0.2, -0.15) is 16.8 Å². The van der Waals surface area contributed by atoms with Crippen molar-refractivity contribution in [2.45, 2.75) is 9.79 Å². The fourth-order valence-electron chi connectivity index (χ4n) is 0.835. The summed E-state index contributed by atoms with van der Waals surface area (Å²) in [5.74, 6) is 0. The van der Waals surface area contributed by atoms with Gasteiger partial charge in [0.2, 0.25) is 0 Å². The maximum absolute atomic E-state index is 10.7. The lowest BCUT2D eigenvalue weighted by molar-refractivity contribution is 0.481. The molecule has 0 bridgehead atoms. The minimum absolute atomic E-state index is 0.260. The molecular weight excluding hydrogens is 359 g/mol. The second kappa shape index (κ2) is 3.97. The van der Waals surface area contributed by atoms with Crippen molar-refractivity contribution in [3.8, 4) is 0 Å². The molecule has 15 heavy (non-hydrogen) atoms. The molecule has 0 aliphatic heterocycles. The van der Waals surface area contributed by atoms with Crippen LogP contribution in [0.25, 0.3) is 0 Å². The minimum Gasteiger partial charge on any atom is -0.282 e. The Morgan fingerprint density at radius 2 is 1.20 bits per heavy atom. The lowest BCUT2D eigenvalue weighted by Crippen LogP contribution is -2.03. The molecule has 0 radical (unpaired) electrons. The number of benzene rings is 1. The molecule has 6 nitrogen and oxygen atoms in total.